The second-order valence-electron chi connectivity index (χ2n) is 4.82. The molecule has 0 aromatic heterocycles. The number of aliphatic hydroxyl groups is 1. The van der Waals surface area contributed by atoms with Crippen molar-refractivity contribution < 1.29 is 19.6 Å². The van der Waals surface area contributed by atoms with Crippen LogP contribution in [-0.4, -0.2) is 41.7 Å². The molecule has 3 rings (SSSR count). The van der Waals surface area contributed by atoms with Crippen molar-refractivity contribution in [3.05, 3.63) is 22.2 Å². The second-order valence-corrected chi connectivity index (χ2v) is 4.82. The molecule has 0 aliphatic carbocycles. The van der Waals surface area contributed by atoms with Gasteiger partial charge in [-0.2, -0.15) is 0 Å². The van der Waals surface area contributed by atoms with Gasteiger partial charge in [0.1, 0.15) is 5.69 Å². The van der Waals surface area contributed by atoms with Gasteiger partial charge in [0.05, 0.1) is 22.8 Å². The predicted molar refractivity (Wildman–Crippen MR) is 70.1 cm³/mol. The summed E-state index contributed by atoms with van der Waals surface area (Å²) < 4.78 is 5.18. The molecule has 0 radical (unpaired) electrons. The second kappa shape index (κ2) is 4.64. The lowest BCUT2D eigenvalue weighted by Crippen LogP contribution is -2.27. The molecule has 0 saturated carbocycles. The molecule has 8 heteroatoms. The summed E-state index contributed by atoms with van der Waals surface area (Å²) in [6.45, 7) is 0.732. The largest absolute Gasteiger partial charge is 0.481 e. The number of rotatable bonds is 2. The molecule has 0 spiro atoms. The Morgan fingerprint density at radius 1 is 1.50 bits per heavy atom. The average molecular weight is 279 g/mol. The number of aliphatic hydroxyl groups excluding tert-OH is 1. The van der Waals surface area contributed by atoms with Crippen LogP contribution in [0.4, 0.5) is 17.1 Å². The first-order chi connectivity index (χ1) is 9.54. The van der Waals surface area contributed by atoms with Gasteiger partial charge in [0.15, 0.2) is 12.4 Å². The summed E-state index contributed by atoms with van der Waals surface area (Å²) in [4.78, 5) is 23.7. The summed E-state index contributed by atoms with van der Waals surface area (Å²) in [5, 5.41) is 23.4. The van der Waals surface area contributed by atoms with Crippen LogP contribution in [0, 0.1) is 10.1 Å². The van der Waals surface area contributed by atoms with Crippen molar-refractivity contribution in [3.8, 4) is 5.75 Å². The van der Waals surface area contributed by atoms with Gasteiger partial charge in [-0.1, -0.05) is 0 Å². The highest BCUT2D eigenvalue weighted by molar-refractivity contribution is 5.97. The van der Waals surface area contributed by atoms with E-state index in [0.29, 0.717) is 36.6 Å². The fourth-order valence-corrected chi connectivity index (χ4v) is 2.46. The third kappa shape index (κ3) is 2.14. The number of anilines is 2. The van der Waals surface area contributed by atoms with Crippen molar-refractivity contribution in [1.29, 1.82) is 0 Å². The zero-order valence-corrected chi connectivity index (χ0v) is 10.5. The number of amides is 1. The van der Waals surface area contributed by atoms with E-state index < -0.39 is 11.0 Å². The molecule has 2 N–H and O–H groups in total. The van der Waals surface area contributed by atoms with Gasteiger partial charge in [0.2, 0.25) is 0 Å². The van der Waals surface area contributed by atoms with Crippen molar-refractivity contribution in [2.75, 3.05) is 29.9 Å². The lowest BCUT2D eigenvalue weighted by Gasteiger charge is -2.22. The number of β-amino-alcohol motifs (C(OH)–C–C–N with tert-alkyl or cyclic N) is 1. The standard InChI is InChI=1S/C12H13N3O5/c16-7-1-2-14(5-7)9-3-8-11(4-10(9)15(18)19)20-6-12(17)13-8/h3-4,7,16H,1-2,5-6H2,(H,13,17)/t7-/m0/s1. The highest BCUT2D eigenvalue weighted by atomic mass is 16.6. The Morgan fingerprint density at radius 3 is 2.95 bits per heavy atom. The SMILES string of the molecule is O=C1COc2cc([N+](=O)[O-])c(N3CC[C@H](O)C3)cc2N1. The molecular formula is C12H13N3O5. The van der Waals surface area contributed by atoms with E-state index in [-0.39, 0.29) is 18.2 Å². The molecule has 106 valence electrons. The Morgan fingerprint density at radius 2 is 2.30 bits per heavy atom. The first kappa shape index (κ1) is 12.7. The minimum atomic E-state index is -0.489. The van der Waals surface area contributed by atoms with Crippen LogP contribution in [-0.2, 0) is 4.79 Å². The number of nitro groups is 1. The molecule has 2 aliphatic heterocycles. The Labute approximate surface area is 114 Å². The third-order valence-corrected chi connectivity index (χ3v) is 3.41. The molecule has 1 aromatic carbocycles. The average Bonchev–Trinajstić information content (AvgIpc) is 2.83. The molecule has 20 heavy (non-hydrogen) atoms. The summed E-state index contributed by atoms with van der Waals surface area (Å²) in [5.74, 6) is -0.00134. The predicted octanol–water partition coefficient (Wildman–Crippen LogP) is 0.497. The maximum atomic E-state index is 11.3. The highest BCUT2D eigenvalue weighted by Crippen LogP contribution is 2.40. The van der Waals surface area contributed by atoms with Crippen molar-refractivity contribution in [1.82, 2.24) is 0 Å². The normalized spacial score (nSPS) is 21.1. The van der Waals surface area contributed by atoms with E-state index in [4.69, 9.17) is 4.74 Å². The van der Waals surface area contributed by atoms with Crippen molar-refractivity contribution in [3.63, 3.8) is 0 Å². The number of hydrogen-bond donors (Lipinski definition) is 2. The van der Waals surface area contributed by atoms with Gasteiger partial charge in [-0.05, 0) is 12.5 Å². The molecule has 0 bridgehead atoms. The van der Waals surface area contributed by atoms with E-state index in [1.165, 1.54) is 12.1 Å². The van der Waals surface area contributed by atoms with Gasteiger partial charge in [0.25, 0.3) is 11.6 Å². The summed E-state index contributed by atoms with van der Waals surface area (Å²) in [6, 6.07) is 2.84. The molecule has 1 amide bonds. The number of nitro benzene ring substituents is 1. The topological polar surface area (TPSA) is 105 Å². The number of carbonyl (C=O) groups excluding carboxylic acids is 1. The number of nitrogens with zero attached hydrogens (tertiary/aromatic N) is 2. The van der Waals surface area contributed by atoms with E-state index in [1.54, 1.807) is 4.90 Å². The molecule has 0 unspecified atom stereocenters. The van der Waals surface area contributed by atoms with E-state index in [0.717, 1.165) is 0 Å². The summed E-state index contributed by atoms with van der Waals surface area (Å²) >= 11 is 0. The van der Waals surface area contributed by atoms with E-state index in [9.17, 15) is 20.0 Å². The Balaban J connectivity index is 2.04. The number of hydrogen-bond acceptors (Lipinski definition) is 6. The van der Waals surface area contributed by atoms with Crippen LogP contribution in [0.3, 0.4) is 0 Å². The summed E-state index contributed by atoms with van der Waals surface area (Å²) in [7, 11) is 0. The molecule has 2 heterocycles. The number of carbonyl (C=O) groups is 1. The quantitative estimate of drug-likeness (QED) is 0.603. The molecule has 2 aliphatic rings. The van der Waals surface area contributed by atoms with Gasteiger partial charge in [-0.25, -0.2) is 0 Å². The summed E-state index contributed by atoms with van der Waals surface area (Å²) in [6.07, 6.45) is 0.0772. The zero-order valence-electron chi connectivity index (χ0n) is 10.5. The van der Waals surface area contributed by atoms with E-state index >= 15 is 0 Å². The Bertz CT molecular complexity index is 589. The molecule has 1 fully saturated rings. The Hall–Kier alpha value is -2.35. The minimum Gasteiger partial charge on any atom is -0.481 e. The number of fused-ring (bicyclic) bond motifs is 1. The van der Waals surface area contributed by atoms with Gasteiger partial charge in [-0.3, -0.25) is 14.9 Å². The van der Waals surface area contributed by atoms with Crippen molar-refractivity contribution in [2.45, 2.75) is 12.5 Å². The van der Waals surface area contributed by atoms with Crippen LogP contribution < -0.4 is 15.0 Å². The van der Waals surface area contributed by atoms with Crippen LogP contribution in [0.2, 0.25) is 0 Å². The van der Waals surface area contributed by atoms with Crippen molar-refractivity contribution in [2.24, 2.45) is 0 Å². The molecule has 1 aromatic rings. The number of benzene rings is 1. The molecule has 1 atom stereocenters. The number of nitrogens with one attached hydrogen (secondary N) is 1. The van der Waals surface area contributed by atoms with Gasteiger partial charge >= 0.3 is 0 Å². The third-order valence-electron chi connectivity index (χ3n) is 3.41. The van der Waals surface area contributed by atoms with Crippen LogP contribution in [0.15, 0.2) is 12.1 Å². The number of ether oxygens (including phenoxy) is 1. The Kier molecular flexibility index (Phi) is 2.94. The van der Waals surface area contributed by atoms with E-state index in [2.05, 4.69) is 5.32 Å². The van der Waals surface area contributed by atoms with Gasteiger partial charge < -0.3 is 20.1 Å². The maximum Gasteiger partial charge on any atom is 0.296 e. The van der Waals surface area contributed by atoms with Crippen LogP contribution >= 0.6 is 0 Å². The van der Waals surface area contributed by atoms with Gasteiger partial charge in [-0.15, -0.1) is 0 Å². The summed E-state index contributed by atoms with van der Waals surface area (Å²) in [5.41, 5.74) is 0.716. The van der Waals surface area contributed by atoms with Crippen molar-refractivity contribution >= 4 is 23.0 Å². The fraction of sp³-hybridized carbons (Fsp3) is 0.417. The van der Waals surface area contributed by atoms with Crippen LogP contribution in [0.25, 0.3) is 0 Å². The molecular weight excluding hydrogens is 266 g/mol. The first-order valence-corrected chi connectivity index (χ1v) is 6.22. The highest BCUT2D eigenvalue weighted by Gasteiger charge is 2.30. The first-order valence-electron chi connectivity index (χ1n) is 6.22. The zero-order chi connectivity index (χ0) is 14.3. The lowest BCUT2D eigenvalue weighted by molar-refractivity contribution is -0.384. The smallest absolute Gasteiger partial charge is 0.296 e. The van der Waals surface area contributed by atoms with Gasteiger partial charge in [0, 0.05) is 13.1 Å². The van der Waals surface area contributed by atoms with E-state index in [1.807, 2.05) is 0 Å². The fourth-order valence-electron chi connectivity index (χ4n) is 2.46. The van der Waals surface area contributed by atoms with Crippen LogP contribution in [0.5, 0.6) is 5.75 Å². The lowest BCUT2D eigenvalue weighted by atomic mass is 10.2. The molecule has 8 nitrogen and oxygen atoms in total. The molecule has 1 saturated heterocycles. The monoisotopic (exact) mass is 279 g/mol. The minimum absolute atomic E-state index is 0.0889. The van der Waals surface area contributed by atoms with Crippen LogP contribution in [0.1, 0.15) is 6.42 Å². The maximum absolute atomic E-state index is 11.3.